The molecule has 1 aliphatic heterocycles. The number of nitrogens with zero attached hydrogens (tertiary/aromatic N) is 4. The number of carbonyl (C=O) groups excluding carboxylic acids is 1. The number of benzene rings is 1. The lowest BCUT2D eigenvalue weighted by molar-refractivity contribution is 0.0904. The van der Waals surface area contributed by atoms with Gasteiger partial charge in [0.05, 0.1) is 11.6 Å². The van der Waals surface area contributed by atoms with Crippen LogP contribution in [0.3, 0.4) is 0 Å². The minimum atomic E-state index is -3.59. The SMILES string of the molecule is CN1CCN(CC(NC(=O)c2nc(S(C)(=O)=O)n3ccccc23)c2ccccc2)CC1. The van der Waals surface area contributed by atoms with Crippen LogP contribution in [0.5, 0.6) is 0 Å². The molecule has 1 aliphatic rings. The number of amides is 1. The van der Waals surface area contributed by atoms with E-state index in [4.69, 9.17) is 0 Å². The molecule has 0 radical (unpaired) electrons. The van der Waals surface area contributed by atoms with Gasteiger partial charge in [0.1, 0.15) is 0 Å². The molecule has 1 atom stereocenters. The van der Waals surface area contributed by atoms with E-state index in [0.717, 1.165) is 38.0 Å². The van der Waals surface area contributed by atoms with Gasteiger partial charge >= 0.3 is 0 Å². The topological polar surface area (TPSA) is 87.0 Å². The molecule has 1 aromatic carbocycles. The van der Waals surface area contributed by atoms with E-state index in [-0.39, 0.29) is 22.8 Å². The molecular weight excluding hydrogens is 414 g/mol. The van der Waals surface area contributed by atoms with Crippen LogP contribution in [0.15, 0.2) is 59.9 Å². The van der Waals surface area contributed by atoms with Crippen molar-refractivity contribution < 1.29 is 13.2 Å². The summed E-state index contributed by atoms with van der Waals surface area (Å²) in [4.78, 5) is 22.1. The fraction of sp³-hybridized carbons (Fsp3) is 0.364. The summed E-state index contributed by atoms with van der Waals surface area (Å²) < 4.78 is 25.8. The quantitative estimate of drug-likeness (QED) is 0.623. The Hall–Kier alpha value is -2.75. The van der Waals surface area contributed by atoms with Gasteiger partial charge in [0.2, 0.25) is 15.0 Å². The first-order valence-electron chi connectivity index (χ1n) is 10.3. The van der Waals surface area contributed by atoms with Gasteiger partial charge in [0.15, 0.2) is 5.69 Å². The van der Waals surface area contributed by atoms with Crippen LogP contribution in [0.2, 0.25) is 0 Å². The van der Waals surface area contributed by atoms with Gasteiger partial charge in [-0.15, -0.1) is 0 Å². The number of carbonyl (C=O) groups is 1. The summed E-state index contributed by atoms with van der Waals surface area (Å²) in [7, 11) is -1.48. The van der Waals surface area contributed by atoms with Crippen LogP contribution in [0.4, 0.5) is 0 Å². The molecule has 1 amide bonds. The van der Waals surface area contributed by atoms with E-state index in [1.165, 1.54) is 4.40 Å². The second-order valence-corrected chi connectivity index (χ2v) is 9.92. The largest absolute Gasteiger partial charge is 0.343 e. The first-order valence-corrected chi connectivity index (χ1v) is 12.2. The fourth-order valence-electron chi connectivity index (χ4n) is 3.87. The molecule has 164 valence electrons. The van der Waals surface area contributed by atoms with Crippen LogP contribution >= 0.6 is 0 Å². The van der Waals surface area contributed by atoms with E-state index < -0.39 is 9.84 Å². The van der Waals surface area contributed by atoms with Crippen molar-refractivity contribution >= 4 is 21.3 Å². The van der Waals surface area contributed by atoms with Gasteiger partial charge in [-0.05, 0) is 24.7 Å². The standard InChI is InChI=1S/C22H27N5O3S/c1-25-12-14-26(15-13-25)16-18(17-8-4-3-5-9-17)23-21(28)20-19-10-6-7-11-27(19)22(24-20)31(2,29)30/h3-11,18H,12-16H2,1-2H3,(H,23,28). The first kappa shape index (κ1) is 21.5. The average molecular weight is 442 g/mol. The number of aromatic nitrogens is 2. The smallest absolute Gasteiger partial charge is 0.272 e. The lowest BCUT2D eigenvalue weighted by atomic mass is 10.1. The van der Waals surface area contributed by atoms with E-state index in [2.05, 4.69) is 27.1 Å². The molecule has 3 heterocycles. The highest BCUT2D eigenvalue weighted by molar-refractivity contribution is 7.90. The maximum atomic E-state index is 13.3. The number of nitrogens with one attached hydrogen (secondary N) is 1. The number of pyridine rings is 1. The summed E-state index contributed by atoms with van der Waals surface area (Å²) in [6.07, 6.45) is 2.70. The molecule has 1 fully saturated rings. The Balaban J connectivity index is 1.64. The zero-order chi connectivity index (χ0) is 22.0. The van der Waals surface area contributed by atoms with Gasteiger partial charge in [0.25, 0.3) is 5.91 Å². The second-order valence-electron chi connectivity index (χ2n) is 8.01. The highest BCUT2D eigenvalue weighted by atomic mass is 32.2. The summed E-state index contributed by atoms with van der Waals surface area (Å²) in [6.45, 7) is 4.51. The first-order chi connectivity index (χ1) is 14.8. The number of imidazole rings is 1. The molecule has 4 rings (SSSR count). The Morgan fingerprint density at radius 2 is 1.74 bits per heavy atom. The molecule has 0 aliphatic carbocycles. The lowest BCUT2D eigenvalue weighted by Crippen LogP contribution is -2.47. The van der Waals surface area contributed by atoms with Gasteiger partial charge in [-0.1, -0.05) is 36.4 Å². The maximum Gasteiger partial charge on any atom is 0.272 e. The van der Waals surface area contributed by atoms with Crippen molar-refractivity contribution in [2.45, 2.75) is 11.2 Å². The van der Waals surface area contributed by atoms with Crippen molar-refractivity contribution in [1.29, 1.82) is 0 Å². The summed E-state index contributed by atoms with van der Waals surface area (Å²) in [5.74, 6) is -0.387. The zero-order valence-electron chi connectivity index (χ0n) is 17.7. The molecule has 8 nitrogen and oxygen atoms in total. The van der Waals surface area contributed by atoms with Crippen LogP contribution in [0, 0.1) is 0 Å². The predicted octanol–water partition coefficient (Wildman–Crippen LogP) is 1.46. The highest BCUT2D eigenvalue weighted by Gasteiger charge is 2.26. The third-order valence-electron chi connectivity index (χ3n) is 5.61. The number of rotatable bonds is 6. The normalized spacial score (nSPS) is 17.0. The molecule has 0 bridgehead atoms. The Morgan fingerprint density at radius 3 is 2.42 bits per heavy atom. The summed E-state index contributed by atoms with van der Waals surface area (Å²) in [6, 6.07) is 14.8. The van der Waals surface area contributed by atoms with E-state index in [9.17, 15) is 13.2 Å². The molecule has 1 saturated heterocycles. The lowest BCUT2D eigenvalue weighted by Gasteiger charge is -2.35. The van der Waals surface area contributed by atoms with E-state index in [1.807, 2.05) is 30.3 Å². The number of fused-ring (bicyclic) bond motifs is 1. The molecule has 0 spiro atoms. The van der Waals surface area contributed by atoms with Crippen molar-refractivity contribution in [3.8, 4) is 0 Å². The zero-order valence-corrected chi connectivity index (χ0v) is 18.5. The van der Waals surface area contributed by atoms with Crippen LogP contribution in [-0.2, 0) is 9.84 Å². The van der Waals surface area contributed by atoms with Crippen molar-refractivity contribution in [1.82, 2.24) is 24.5 Å². The van der Waals surface area contributed by atoms with Gasteiger partial charge in [0, 0.05) is 45.2 Å². The predicted molar refractivity (Wildman–Crippen MR) is 119 cm³/mol. The minimum Gasteiger partial charge on any atom is -0.343 e. The number of hydrogen-bond acceptors (Lipinski definition) is 6. The van der Waals surface area contributed by atoms with Crippen LogP contribution < -0.4 is 5.32 Å². The Kier molecular flexibility index (Phi) is 6.08. The molecule has 1 unspecified atom stereocenters. The summed E-state index contributed by atoms with van der Waals surface area (Å²) in [5, 5.41) is 2.96. The summed E-state index contributed by atoms with van der Waals surface area (Å²) in [5.41, 5.74) is 1.58. The van der Waals surface area contributed by atoms with Crippen molar-refractivity contribution in [2.24, 2.45) is 0 Å². The third-order valence-corrected chi connectivity index (χ3v) is 6.56. The Morgan fingerprint density at radius 1 is 1.06 bits per heavy atom. The maximum absolute atomic E-state index is 13.3. The van der Waals surface area contributed by atoms with Crippen LogP contribution in [0.25, 0.3) is 5.52 Å². The van der Waals surface area contributed by atoms with Crippen molar-refractivity contribution in [3.05, 3.63) is 66.0 Å². The summed E-state index contributed by atoms with van der Waals surface area (Å²) >= 11 is 0. The molecule has 2 aromatic heterocycles. The van der Waals surface area contributed by atoms with Gasteiger partial charge in [-0.2, -0.15) is 0 Å². The average Bonchev–Trinajstić information content (AvgIpc) is 3.16. The van der Waals surface area contributed by atoms with Gasteiger partial charge < -0.3 is 10.2 Å². The monoisotopic (exact) mass is 441 g/mol. The van der Waals surface area contributed by atoms with E-state index in [1.54, 1.807) is 24.4 Å². The molecular formula is C22H27N5O3S. The van der Waals surface area contributed by atoms with Crippen molar-refractivity contribution in [3.63, 3.8) is 0 Å². The molecule has 1 N–H and O–H groups in total. The number of hydrogen-bond donors (Lipinski definition) is 1. The van der Waals surface area contributed by atoms with Crippen molar-refractivity contribution in [2.75, 3.05) is 46.0 Å². The van der Waals surface area contributed by atoms with Crippen LogP contribution in [-0.4, -0.2) is 79.5 Å². The number of piperazine rings is 1. The Labute approximate surface area is 182 Å². The van der Waals surface area contributed by atoms with Crippen LogP contribution in [0.1, 0.15) is 22.1 Å². The fourth-order valence-corrected chi connectivity index (χ4v) is 4.65. The molecule has 9 heteroatoms. The molecule has 3 aromatic rings. The third kappa shape index (κ3) is 4.79. The van der Waals surface area contributed by atoms with Gasteiger partial charge in [-0.25, -0.2) is 13.4 Å². The number of sulfone groups is 1. The number of likely N-dealkylation sites (N-methyl/N-ethyl adjacent to an activating group) is 1. The van der Waals surface area contributed by atoms with E-state index >= 15 is 0 Å². The molecule has 31 heavy (non-hydrogen) atoms. The van der Waals surface area contributed by atoms with E-state index in [0.29, 0.717) is 12.1 Å². The minimum absolute atomic E-state index is 0.111. The molecule has 0 saturated carbocycles. The second kappa shape index (κ2) is 8.78. The highest BCUT2D eigenvalue weighted by Crippen LogP contribution is 2.20. The van der Waals surface area contributed by atoms with Gasteiger partial charge in [-0.3, -0.25) is 14.1 Å². The Bertz CT molecular complexity index is 1170.